The minimum atomic E-state index is -0.162. The van der Waals surface area contributed by atoms with Crippen molar-refractivity contribution in [3.05, 3.63) is 17.5 Å². The van der Waals surface area contributed by atoms with E-state index in [0.29, 0.717) is 6.54 Å². The monoisotopic (exact) mass is 225 g/mol. The highest BCUT2D eigenvalue weighted by molar-refractivity contribution is 5.10. The molecule has 1 aromatic heterocycles. The molecule has 0 fully saturated rings. The van der Waals surface area contributed by atoms with E-state index in [2.05, 4.69) is 30.5 Å². The van der Waals surface area contributed by atoms with Crippen LogP contribution in [0.4, 0.5) is 0 Å². The molecule has 0 saturated heterocycles. The molecular formula is C12H23N3O. The summed E-state index contributed by atoms with van der Waals surface area (Å²) in [6.45, 7) is 11.9. The molecule has 0 bridgehead atoms. The van der Waals surface area contributed by atoms with Crippen LogP contribution in [0.15, 0.2) is 6.07 Å². The van der Waals surface area contributed by atoms with Gasteiger partial charge in [0.15, 0.2) is 0 Å². The lowest BCUT2D eigenvalue weighted by molar-refractivity contribution is -0.0765. The van der Waals surface area contributed by atoms with Gasteiger partial charge in [-0.1, -0.05) is 6.92 Å². The van der Waals surface area contributed by atoms with Crippen molar-refractivity contribution in [2.24, 2.45) is 0 Å². The SMILES string of the molecule is CCc1cc(CNOC(C)(C)C)n(CC)n1. The van der Waals surface area contributed by atoms with Crippen LogP contribution in [0.2, 0.25) is 0 Å². The van der Waals surface area contributed by atoms with E-state index in [9.17, 15) is 0 Å². The second kappa shape index (κ2) is 5.46. The molecule has 0 atom stereocenters. The number of hydrogen-bond acceptors (Lipinski definition) is 3. The number of rotatable bonds is 5. The summed E-state index contributed by atoms with van der Waals surface area (Å²) in [5.41, 5.74) is 5.13. The van der Waals surface area contributed by atoms with E-state index >= 15 is 0 Å². The molecule has 0 aliphatic rings. The maximum Gasteiger partial charge on any atom is 0.0813 e. The fourth-order valence-electron chi connectivity index (χ4n) is 1.43. The largest absolute Gasteiger partial charge is 0.296 e. The van der Waals surface area contributed by atoms with Gasteiger partial charge >= 0.3 is 0 Å². The first kappa shape index (κ1) is 13.2. The second-order valence-electron chi connectivity index (χ2n) is 4.83. The van der Waals surface area contributed by atoms with Crippen LogP contribution in [0.1, 0.15) is 46.0 Å². The van der Waals surface area contributed by atoms with Crippen LogP contribution in [0.5, 0.6) is 0 Å². The van der Waals surface area contributed by atoms with Crippen molar-refractivity contribution in [1.29, 1.82) is 0 Å². The summed E-state index contributed by atoms with van der Waals surface area (Å²) in [5, 5.41) is 4.48. The zero-order chi connectivity index (χ0) is 12.2. The predicted molar refractivity (Wildman–Crippen MR) is 65.0 cm³/mol. The van der Waals surface area contributed by atoms with Gasteiger partial charge in [-0.05, 0) is 40.2 Å². The van der Waals surface area contributed by atoms with E-state index < -0.39 is 0 Å². The topological polar surface area (TPSA) is 39.1 Å². The van der Waals surface area contributed by atoms with Crippen LogP contribution >= 0.6 is 0 Å². The Kier molecular flexibility index (Phi) is 4.50. The molecule has 0 unspecified atom stereocenters. The highest BCUT2D eigenvalue weighted by atomic mass is 16.7. The van der Waals surface area contributed by atoms with E-state index in [-0.39, 0.29) is 5.60 Å². The van der Waals surface area contributed by atoms with Crippen molar-refractivity contribution >= 4 is 0 Å². The molecule has 4 heteroatoms. The molecule has 0 aromatic carbocycles. The Morgan fingerprint density at radius 2 is 2.06 bits per heavy atom. The fraction of sp³-hybridized carbons (Fsp3) is 0.750. The molecule has 0 amide bonds. The predicted octanol–water partition coefficient (Wildman–Crippen LogP) is 2.29. The summed E-state index contributed by atoms with van der Waals surface area (Å²) >= 11 is 0. The van der Waals surface area contributed by atoms with Crippen molar-refractivity contribution in [1.82, 2.24) is 15.3 Å². The van der Waals surface area contributed by atoms with E-state index in [4.69, 9.17) is 4.84 Å². The molecular weight excluding hydrogens is 202 g/mol. The van der Waals surface area contributed by atoms with Crippen LogP contribution in [-0.2, 0) is 24.3 Å². The molecule has 0 radical (unpaired) electrons. The minimum Gasteiger partial charge on any atom is -0.296 e. The lowest BCUT2D eigenvalue weighted by Gasteiger charge is -2.19. The first-order chi connectivity index (χ1) is 7.46. The third-order valence-electron chi connectivity index (χ3n) is 2.21. The molecule has 4 nitrogen and oxygen atoms in total. The maximum atomic E-state index is 5.48. The molecule has 1 heterocycles. The molecule has 92 valence electrons. The van der Waals surface area contributed by atoms with E-state index in [1.807, 2.05) is 25.5 Å². The van der Waals surface area contributed by atoms with Gasteiger partial charge in [0, 0.05) is 6.54 Å². The summed E-state index contributed by atoms with van der Waals surface area (Å²) in [4.78, 5) is 5.48. The van der Waals surface area contributed by atoms with E-state index in [0.717, 1.165) is 18.7 Å². The Balaban J connectivity index is 2.55. The van der Waals surface area contributed by atoms with Gasteiger partial charge in [0.2, 0.25) is 0 Å². The first-order valence-corrected chi connectivity index (χ1v) is 5.92. The molecule has 16 heavy (non-hydrogen) atoms. The van der Waals surface area contributed by atoms with Crippen LogP contribution in [0.3, 0.4) is 0 Å². The number of hydrogen-bond donors (Lipinski definition) is 1. The average molecular weight is 225 g/mol. The second-order valence-corrected chi connectivity index (χ2v) is 4.83. The third kappa shape index (κ3) is 3.94. The van der Waals surface area contributed by atoms with Crippen molar-refractivity contribution < 1.29 is 4.84 Å². The zero-order valence-corrected chi connectivity index (χ0v) is 11.0. The third-order valence-corrected chi connectivity index (χ3v) is 2.21. The Morgan fingerprint density at radius 1 is 1.38 bits per heavy atom. The number of aromatic nitrogens is 2. The molecule has 1 rings (SSSR count). The number of aryl methyl sites for hydroxylation is 2. The summed E-state index contributed by atoms with van der Waals surface area (Å²) in [6, 6.07) is 2.13. The maximum absolute atomic E-state index is 5.48. The summed E-state index contributed by atoms with van der Waals surface area (Å²) < 4.78 is 2.01. The molecule has 1 aromatic rings. The Labute approximate surface area is 97.9 Å². The van der Waals surface area contributed by atoms with Gasteiger partial charge < -0.3 is 0 Å². The van der Waals surface area contributed by atoms with Crippen LogP contribution in [0.25, 0.3) is 0 Å². The Bertz CT molecular complexity index is 325. The number of nitrogens with one attached hydrogen (secondary N) is 1. The molecule has 1 N–H and O–H groups in total. The Morgan fingerprint density at radius 3 is 2.56 bits per heavy atom. The van der Waals surface area contributed by atoms with Gasteiger partial charge in [-0.3, -0.25) is 9.52 Å². The fourth-order valence-corrected chi connectivity index (χ4v) is 1.43. The highest BCUT2D eigenvalue weighted by Crippen LogP contribution is 2.08. The van der Waals surface area contributed by atoms with Gasteiger partial charge in [-0.2, -0.15) is 10.6 Å². The van der Waals surface area contributed by atoms with Gasteiger partial charge in [0.05, 0.1) is 23.5 Å². The molecule has 0 saturated carbocycles. The van der Waals surface area contributed by atoms with Crippen LogP contribution < -0.4 is 5.48 Å². The van der Waals surface area contributed by atoms with Crippen molar-refractivity contribution in [2.45, 2.75) is 59.7 Å². The normalized spacial score (nSPS) is 12.1. The molecule has 0 aliphatic heterocycles. The molecule has 0 spiro atoms. The van der Waals surface area contributed by atoms with Gasteiger partial charge in [0.1, 0.15) is 0 Å². The van der Waals surface area contributed by atoms with Crippen molar-refractivity contribution in [2.75, 3.05) is 0 Å². The van der Waals surface area contributed by atoms with Crippen molar-refractivity contribution in [3.8, 4) is 0 Å². The summed E-state index contributed by atoms with van der Waals surface area (Å²) in [6.07, 6.45) is 0.972. The molecule has 0 aliphatic carbocycles. The summed E-state index contributed by atoms with van der Waals surface area (Å²) in [7, 11) is 0. The van der Waals surface area contributed by atoms with Gasteiger partial charge in [-0.25, -0.2) is 0 Å². The smallest absolute Gasteiger partial charge is 0.0813 e. The van der Waals surface area contributed by atoms with Crippen molar-refractivity contribution in [3.63, 3.8) is 0 Å². The van der Waals surface area contributed by atoms with E-state index in [1.165, 1.54) is 5.69 Å². The van der Waals surface area contributed by atoms with Crippen LogP contribution in [-0.4, -0.2) is 15.4 Å². The number of hydroxylamine groups is 1. The lowest BCUT2D eigenvalue weighted by Crippen LogP contribution is -2.29. The highest BCUT2D eigenvalue weighted by Gasteiger charge is 2.11. The zero-order valence-electron chi connectivity index (χ0n) is 11.0. The standard InChI is InChI=1S/C12H23N3O/c1-6-10-8-11(15(7-2)14-10)9-13-16-12(3,4)5/h8,13H,6-7,9H2,1-5H3. The minimum absolute atomic E-state index is 0.162. The number of nitrogens with zero attached hydrogens (tertiary/aromatic N) is 2. The first-order valence-electron chi connectivity index (χ1n) is 5.92. The quantitative estimate of drug-likeness (QED) is 0.781. The summed E-state index contributed by atoms with van der Waals surface area (Å²) in [5.74, 6) is 0. The van der Waals surface area contributed by atoms with Crippen LogP contribution in [0, 0.1) is 0 Å². The average Bonchev–Trinajstić information content (AvgIpc) is 2.58. The van der Waals surface area contributed by atoms with Gasteiger partial charge in [-0.15, -0.1) is 0 Å². The Hall–Kier alpha value is -0.870. The lowest BCUT2D eigenvalue weighted by atomic mass is 10.2. The van der Waals surface area contributed by atoms with E-state index in [1.54, 1.807) is 0 Å². The van der Waals surface area contributed by atoms with Gasteiger partial charge in [0.25, 0.3) is 0 Å².